The summed E-state index contributed by atoms with van der Waals surface area (Å²) in [6.07, 6.45) is 14.2. The van der Waals surface area contributed by atoms with E-state index in [4.69, 9.17) is 0 Å². The standard InChI is InChI=1S/C31H47NO2S2/c1-27(2)25-10-13-30(5)26(28(25,3)16-17-32(27)36-23-11-18-35-24(23)19-33)9-8-21-22-7-6-12-31(22,20-34)15-14-29(21,30)4/h11,18-19,21-22,25-26,34H,6-10,12-17,20H2,1-5H3/t21?,22?,25?,26?,28?,29-,30?,31?/m1/s1. The first kappa shape index (κ1) is 25.9. The van der Waals surface area contributed by atoms with Crippen molar-refractivity contribution in [2.75, 3.05) is 13.2 Å². The average molecular weight is 530 g/mol. The molecule has 3 nitrogen and oxygen atoms in total. The molecule has 200 valence electrons. The summed E-state index contributed by atoms with van der Waals surface area (Å²) in [5, 5.41) is 12.6. The summed E-state index contributed by atoms with van der Waals surface area (Å²) < 4.78 is 2.62. The predicted octanol–water partition coefficient (Wildman–Crippen LogP) is 8.08. The Labute approximate surface area is 227 Å². The molecular formula is C31H47NO2S2. The lowest BCUT2D eigenvalue weighted by atomic mass is 9.33. The normalized spacial score (nSPS) is 47.9. The molecule has 5 heteroatoms. The maximum Gasteiger partial charge on any atom is 0.161 e. The van der Waals surface area contributed by atoms with Gasteiger partial charge in [-0.1, -0.05) is 27.2 Å². The zero-order valence-corrected chi connectivity index (χ0v) is 24.8. The largest absolute Gasteiger partial charge is 0.396 e. The lowest BCUT2D eigenvalue weighted by molar-refractivity contribution is -0.235. The lowest BCUT2D eigenvalue weighted by Gasteiger charge is -2.73. The molecule has 5 aliphatic rings. The quantitative estimate of drug-likeness (QED) is 0.316. The molecule has 0 spiro atoms. The van der Waals surface area contributed by atoms with Gasteiger partial charge in [0.15, 0.2) is 6.29 Å². The first-order valence-electron chi connectivity index (χ1n) is 14.6. The van der Waals surface area contributed by atoms with E-state index in [0.29, 0.717) is 28.8 Å². The number of rotatable bonds is 4. The average Bonchev–Trinajstić information content (AvgIpc) is 3.48. The Hall–Kier alpha value is -0.360. The van der Waals surface area contributed by atoms with Crippen molar-refractivity contribution in [3.8, 4) is 0 Å². The van der Waals surface area contributed by atoms with E-state index in [1.165, 1.54) is 64.2 Å². The van der Waals surface area contributed by atoms with Gasteiger partial charge in [-0.3, -0.25) is 4.79 Å². The molecule has 5 fully saturated rings. The molecule has 4 saturated carbocycles. The maximum atomic E-state index is 11.6. The molecule has 1 saturated heterocycles. The van der Waals surface area contributed by atoms with Gasteiger partial charge >= 0.3 is 0 Å². The van der Waals surface area contributed by atoms with E-state index in [9.17, 15) is 9.90 Å². The van der Waals surface area contributed by atoms with Gasteiger partial charge in [-0.15, -0.1) is 11.3 Å². The second-order valence-corrected chi connectivity index (χ2v) is 16.6. The van der Waals surface area contributed by atoms with Crippen LogP contribution in [0.5, 0.6) is 0 Å². The SMILES string of the molecule is CC12CCN(Sc3ccsc3C=O)C(C)(C)C1CCC1(C)C2CCC2C3CCCC3(CO)CC[C@]21C. The van der Waals surface area contributed by atoms with Crippen molar-refractivity contribution in [2.45, 2.75) is 109 Å². The Kier molecular flexibility index (Phi) is 6.16. The van der Waals surface area contributed by atoms with E-state index in [0.717, 1.165) is 40.4 Å². The number of piperidine rings is 1. The third-order valence-corrected chi connectivity index (χ3v) is 15.8. The molecule has 6 rings (SSSR count). The van der Waals surface area contributed by atoms with Crippen LogP contribution in [0.15, 0.2) is 16.3 Å². The summed E-state index contributed by atoms with van der Waals surface area (Å²) in [5.41, 5.74) is 1.51. The van der Waals surface area contributed by atoms with Gasteiger partial charge in [-0.05, 0) is 140 Å². The van der Waals surface area contributed by atoms with Crippen LogP contribution in [0.25, 0.3) is 0 Å². The molecule has 2 heterocycles. The van der Waals surface area contributed by atoms with E-state index in [1.807, 2.05) is 11.9 Å². The van der Waals surface area contributed by atoms with Crippen molar-refractivity contribution < 1.29 is 9.90 Å². The number of aliphatic hydroxyl groups excluding tert-OH is 1. The minimum absolute atomic E-state index is 0.100. The Morgan fingerprint density at radius 1 is 0.972 bits per heavy atom. The summed E-state index contributed by atoms with van der Waals surface area (Å²) in [6, 6.07) is 2.13. The van der Waals surface area contributed by atoms with Crippen LogP contribution >= 0.6 is 23.3 Å². The lowest BCUT2D eigenvalue weighted by Crippen LogP contribution is -2.68. The number of nitrogens with zero attached hydrogens (tertiary/aromatic N) is 1. The molecule has 7 unspecified atom stereocenters. The molecule has 0 amide bonds. The van der Waals surface area contributed by atoms with Crippen molar-refractivity contribution in [2.24, 2.45) is 45.3 Å². The third kappa shape index (κ3) is 3.27. The molecule has 1 aliphatic heterocycles. The van der Waals surface area contributed by atoms with Gasteiger partial charge in [-0.25, -0.2) is 4.31 Å². The van der Waals surface area contributed by atoms with Crippen LogP contribution in [-0.2, 0) is 0 Å². The number of hydrogen-bond acceptors (Lipinski definition) is 5. The first-order valence-corrected chi connectivity index (χ1v) is 16.3. The van der Waals surface area contributed by atoms with Crippen LogP contribution in [0.4, 0.5) is 0 Å². The minimum atomic E-state index is 0.100. The highest BCUT2D eigenvalue weighted by atomic mass is 32.2. The molecule has 1 aromatic heterocycles. The van der Waals surface area contributed by atoms with Crippen molar-refractivity contribution in [3.05, 3.63) is 16.3 Å². The summed E-state index contributed by atoms with van der Waals surface area (Å²) >= 11 is 3.39. The number of carbonyl (C=O) groups is 1. The van der Waals surface area contributed by atoms with Crippen LogP contribution in [0.3, 0.4) is 0 Å². The highest BCUT2D eigenvalue weighted by Crippen LogP contribution is 2.76. The molecule has 1 aromatic rings. The van der Waals surface area contributed by atoms with Crippen molar-refractivity contribution in [3.63, 3.8) is 0 Å². The molecule has 1 N–H and O–H groups in total. The van der Waals surface area contributed by atoms with Gasteiger partial charge in [0.2, 0.25) is 0 Å². The number of aldehydes is 1. The number of aliphatic hydroxyl groups is 1. The summed E-state index contributed by atoms with van der Waals surface area (Å²) in [6.45, 7) is 14.6. The van der Waals surface area contributed by atoms with Crippen molar-refractivity contribution in [1.82, 2.24) is 4.31 Å². The molecular weight excluding hydrogens is 482 g/mol. The fourth-order valence-corrected chi connectivity index (χ4v) is 13.4. The first-order chi connectivity index (χ1) is 17.1. The van der Waals surface area contributed by atoms with E-state index in [2.05, 4.69) is 50.4 Å². The Morgan fingerprint density at radius 3 is 2.53 bits per heavy atom. The van der Waals surface area contributed by atoms with E-state index < -0.39 is 0 Å². The highest BCUT2D eigenvalue weighted by molar-refractivity contribution is 7.97. The zero-order chi connectivity index (χ0) is 25.6. The van der Waals surface area contributed by atoms with Gasteiger partial charge in [0.1, 0.15) is 0 Å². The fourth-order valence-electron chi connectivity index (χ4n) is 11.4. The second kappa shape index (κ2) is 8.57. The number of carbonyl (C=O) groups excluding carboxylic acids is 1. The summed E-state index contributed by atoms with van der Waals surface area (Å²) in [5.74, 6) is 3.00. The molecule has 36 heavy (non-hydrogen) atoms. The van der Waals surface area contributed by atoms with Gasteiger partial charge in [0.05, 0.1) is 4.88 Å². The zero-order valence-electron chi connectivity index (χ0n) is 23.1. The van der Waals surface area contributed by atoms with Crippen LogP contribution < -0.4 is 0 Å². The van der Waals surface area contributed by atoms with Crippen molar-refractivity contribution in [1.29, 1.82) is 0 Å². The maximum absolute atomic E-state index is 11.6. The third-order valence-electron chi connectivity index (χ3n) is 13.4. The van der Waals surface area contributed by atoms with Gasteiger partial charge in [0, 0.05) is 23.6 Å². The van der Waals surface area contributed by atoms with E-state index in [1.54, 1.807) is 11.3 Å². The van der Waals surface area contributed by atoms with Crippen LogP contribution in [0.1, 0.15) is 108 Å². The number of hydrogen-bond donors (Lipinski definition) is 1. The fraction of sp³-hybridized carbons (Fsp3) is 0.839. The Morgan fingerprint density at radius 2 is 1.78 bits per heavy atom. The number of fused-ring (bicyclic) bond motifs is 7. The van der Waals surface area contributed by atoms with Crippen molar-refractivity contribution >= 4 is 29.6 Å². The van der Waals surface area contributed by atoms with Gasteiger partial charge < -0.3 is 5.11 Å². The topological polar surface area (TPSA) is 40.5 Å². The smallest absolute Gasteiger partial charge is 0.161 e. The Bertz CT molecular complexity index is 1020. The molecule has 8 atom stereocenters. The summed E-state index contributed by atoms with van der Waals surface area (Å²) in [7, 11) is 0. The van der Waals surface area contributed by atoms with Crippen LogP contribution in [-0.4, -0.2) is 34.4 Å². The number of thiophene rings is 1. The Balaban J connectivity index is 1.30. The van der Waals surface area contributed by atoms with Gasteiger partial charge in [0.25, 0.3) is 0 Å². The van der Waals surface area contributed by atoms with Gasteiger partial charge in [-0.2, -0.15) is 0 Å². The predicted molar refractivity (Wildman–Crippen MR) is 150 cm³/mol. The monoisotopic (exact) mass is 529 g/mol. The highest BCUT2D eigenvalue weighted by Gasteiger charge is 2.69. The summed E-state index contributed by atoms with van der Waals surface area (Å²) in [4.78, 5) is 13.6. The van der Waals surface area contributed by atoms with Crippen LogP contribution in [0.2, 0.25) is 0 Å². The second-order valence-electron chi connectivity index (χ2n) is 14.6. The van der Waals surface area contributed by atoms with E-state index >= 15 is 0 Å². The van der Waals surface area contributed by atoms with E-state index in [-0.39, 0.29) is 11.0 Å². The van der Waals surface area contributed by atoms with Crippen LogP contribution in [0, 0.1) is 45.3 Å². The molecule has 0 aromatic carbocycles. The molecule has 0 bridgehead atoms. The minimum Gasteiger partial charge on any atom is -0.396 e. The molecule has 4 aliphatic carbocycles. The molecule has 0 radical (unpaired) electrons.